The van der Waals surface area contributed by atoms with E-state index in [-0.39, 0.29) is 0 Å². The Kier molecular flexibility index (Phi) is 4.96. The molecule has 0 radical (unpaired) electrons. The maximum atomic E-state index is 4.61. The van der Waals surface area contributed by atoms with Gasteiger partial charge in [-0.25, -0.2) is 4.98 Å². The number of hydrogen-bond acceptors (Lipinski definition) is 4. The fourth-order valence-corrected chi connectivity index (χ4v) is 17.9. The summed E-state index contributed by atoms with van der Waals surface area (Å²) in [6.07, 6.45) is 4.93. The molecule has 112 valence electrons. The molecule has 1 saturated heterocycles. The minimum atomic E-state index is -1.45. The quantitative estimate of drug-likeness (QED) is 0.770. The van der Waals surface area contributed by atoms with E-state index in [9.17, 15) is 0 Å². The molecule has 2 heterocycles. The standard InChI is InChI=1S/C14H28N4Si2/c1-5-19(6-2)12-9-13-20(7-3,8-4)18(19)14-15-10-11-16-17-14/h10-11H,5-9,12-13H2,1-4H3. The molecule has 0 aliphatic carbocycles. The van der Waals surface area contributed by atoms with Gasteiger partial charge in [0.1, 0.15) is 16.5 Å². The number of anilines is 1. The lowest BCUT2D eigenvalue weighted by Gasteiger charge is -2.56. The molecule has 0 atom stereocenters. The van der Waals surface area contributed by atoms with Gasteiger partial charge in [-0.15, -0.1) is 5.10 Å². The first-order chi connectivity index (χ1) is 9.68. The Hall–Kier alpha value is -0.756. The van der Waals surface area contributed by atoms with Crippen molar-refractivity contribution in [1.29, 1.82) is 0 Å². The first-order valence-electron chi connectivity index (χ1n) is 8.12. The minimum absolute atomic E-state index is 0.943. The average molecular weight is 309 g/mol. The van der Waals surface area contributed by atoms with Crippen LogP contribution in [-0.2, 0) is 0 Å². The van der Waals surface area contributed by atoms with Crippen LogP contribution in [0.25, 0.3) is 0 Å². The third-order valence-corrected chi connectivity index (χ3v) is 18.5. The zero-order chi connectivity index (χ0) is 14.6. The van der Waals surface area contributed by atoms with Gasteiger partial charge in [0.25, 0.3) is 0 Å². The summed E-state index contributed by atoms with van der Waals surface area (Å²) in [6, 6.07) is 8.08. The molecule has 0 aromatic carbocycles. The normalized spacial score (nSPS) is 20.9. The molecule has 2 rings (SSSR count). The summed E-state index contributed by atoms with van der Waals surface area (Å²) >= 11 is 0. The fraction of sp³-hybridized carbons (Fsp3) is 0.786. The lowest BCUT2D eigenvalue weighted by molar-refractivity contribution is 0.867. The second-order valence-corrected chi connectivity index (χ2v) is 16.1. The highest BCUT2D eigenvalue weighted by molar-refractivity contribution is 7.03. The zero-order valence-electron chi connectivity index (χ0n) is 13.4. The Morgan fingerprint density at radius 3 is 1.90 bits per heavy atom. The van der Waals surface area contributed by atoms with E-state index < -0.39 is 16.5 Å². The van der Waals surface area contributed by atoms with Crippen molar-refractivity contribution in [2.45, 2.75) is 70.4 Å². The molecule has 0 unspecified atom stereocenters. The molecule has 0 spiro atoms. The second kappa shape index (κ2) is 6.34. The summed E-state index contributed by atoms with van der Waals surface area (Å²) in [5, 5.41) is 8.54. The summed E-state index contributed by atoms with van der Waals surface area (Å²) in [4.78, 5) is 4.61. The van der Waals surface area contributed by atoms with Gasteiger partial charge in [-0.3, -0.25) is 0 Å². The van der Waals surface area contributed by atoms with E-state index >= 15 is 0 Å². The Balaban J connectivity index is 2.54. The van der Waals surface area contributed by atoms with Gasteiger partial charge in [-0.1, -0.05) is 34.1 Å². The van der Waals surface area contributed by atoms with Crippen molar-refractivity contribution < 1.29 is 0 Å². The Morgan fingerprint density at radius 1 is 0.950 bits per heavy atom. The van der Waals surface area contributed by atoms with Crippen molar-refractivity contribution in [3.05, 3.63) is 12.4 Å². The van der Waals surface area contributed by atoms with Crippen molar-refractivity contribution in [2.24, 2.45) is 0 Å². The number of rotatable bonds is 5. The Bertz CT molecular complexity index is 398. The van der Waals surface area contributed by atoms with Gasteiger partial charge in [0.15, 0.2) is 0 Å². The van der Waals surface area contributed by atoms with Crippen molar-refractivity contribution in [3.63, 3.8) is 0 Å². The SMILES string of the molecule is CC[Si]1(CC)CCC[Si](CC)(CC)N1c1nccnn1. The highest BCUT2D eigenvalue weighted by Gasteiger charge is 2.52. The Labute approximate surface area is 125 Å². The van der Waals surface area contributed by atoms with Gasteiger partial charge in [0.2, 0.25) is 5.95 Å². The van der Waals surface area contributed by atoms with Crippen LogP contribution in [0.5, 0.6) is 0 Å². The molecule has 20 heavy (non-hydrogen) atoms. The van der Waals surface area contributed by atoms with Crippen LogP contribution in [-0.4, -0.2) is 31.7 Å². The highest BCUT2D eigenvalue weighted by Crippen LogP contribution is 2.44. The van der Waals surface area contributed by atoms with E-state index in [4.69, 9.17) is 0 Å². The summed E-state index contributed by atoms with van der Waals surface area (Å²) in [5.41, 5.74) is 0. The fourth-order valence-electron chi connectivity index (χ4n) is 4.08. The molecule has 0 amide bonds. The van der Waals surface area contributed by atoms with Gasteiger partial charge in [0.05, 0.1) is 12.4 Å². The van der Waals surface area contributed by atoms with Crippen LogP contribution in [0.1, 0.15) is 34.1 Å². The molecule has 1 fully saturated rings. The van der Waals surface area contributed by atoms with Crippen LogP contribution >= 0.6 is 0 Å². The summed E-state index contributed by atoms with van der Waals surface area (Å²) in [7, 11) is -2.90. The molecule has 0 saturated carbocycles. The largest absolute Gasteiger partial charge is 0.392 e. The van der Waals surface area contributed by atoms with E-state index in [1.54, 1.807) is 6.20 Å². The molecule has 6 heteroatoms. The monoisotopic (exact) mass is 308 g/mol. The zero-order valence-corrected chi connectivity index (χ0v) is 15.4. The van der Waals surface area contributed by atoms with Gasteiger partial charge in [0, 0.05) is 0 Å². The van der Waals surface area contributed by atoms with Crippen LogP contribution in [0, 0.1) is 0 Å². The topological polar surface area (TPSA) is 41.9 Å². The molecule has 1 aromatic heterocycles. The van der Waals surface area contributed by atoms with Crippen LogP contribution in [0.4, 0.5) is 5.95 Å². The average Bonchev–Trinajstić information content (AvgIpc) is 2.54. The van der Waals surface area contributed by atoms with E-state index in [1.165, 1.54) is 42.7 Å². The van der Waals surface area contributed by atoms with Crippen molar-refractivity contribution in [3.8, 4) is 0 Å². The third-order valence-electron chi connectivity index (χ3n) is 5.54. The first kappa shape index (κ1) is 15.6. The van der Waals surface area contributed by atoms with E-state index in [0.29, 0.717) is 0 Å². The molecule has 4 nitrogen and oxygen atoms in total. The van der Waals surface area contributed by atoms with Gasteiger partial charge in [-0.2, -0.15) is 5.10 Å². The van der Waals surface area contributed by atoms with Gasteiger partial charge < -0.3 is 4.23 Å². The van der Waals surface area contributed by atoms with Crippen LogP contribution in [0.2, 0.25) is 36.3 Å². The molecule has 1 aliphatic heterocycles. The smallest absolute Gasteiger partial charge is 0.229 e. The summed E-state index contributed by atoms with van der Waals surface area (Å²) < 4.78 is 2.82. The number of aromatic nitrogens is 3. The van der Waals surface area contributed by atoms with E-state index in [2.05, 4.69) is 47.1 Å². The highest BCUT2D eigenvalue weighted by atomic mass is 28.4. The maximum absolute atomic E-state index is 4.61. The minimum Gasteiger partial charge on any atom is -0.392 e. The summed E-state index contributed by atoms with van der Waals surface area (Å²) in [6.45, 7) is 9.54. The van der Waals surface area contributed by atoms with Crippen molar-refractivity contribution >= 4 is 22.4 Å². The lowest BCUT2D eigenvalue weighted by Crippen LogP contribution is -2.69. The van der Waals surface area contributed by atoms with Crippen molar-refractivity contribution in [1.82, 2.24) is 15.2 Å². The number of hydrogen-bond donors (Lipinski definition) is 0. The first-order valence-corrected chi connectivity index (χ1v) is 13.3. The second-order valence-electron chi connectivity index (χ2n) is 5.99. The molecule has 1 aromatic rings. The van der Waals surface area contributed by atoms with Crippen LogP contribution in [0.15, 0.2) is 12.4 Å². The van der Waals surface area contributed by atoms with E-state index in [1.807, 2.05) is 6.20 Å². The van der Waals surface area contributed by atoms with E-state index in [0.717, 1.165) is 5.95 Å². The molecule has 1 aliphatic rings. The maximum Gasteiger partial charge on any atom is 0.229 e. The Morgan fingerprint density at radius 2 is 1.50 bits per heavy atom. The van der Waals surface area contributed by atoms with Crippen LogP contribution < -0.4 is 4.23 Å². The van der Waals surface area contributed by atoms with Gasteiger partial charge in [-0.05, 0) is 36.3 Å². The summed E-state index contributed by atoms with van der Waals surface area (Å²) in [5.74, 6) is 0.943. The predicted octanol–water partition coefficient (Wildman–Crippen LogP) is 4.05. The van der Waals surface area contributed by atoms with Gasteiger partial charge >= 0.3 is 0 Å². The number of nitrogens with zero attached hydrogens (tertiary/aromatic N) is 4. The molecule has 0 N–H and O–H groups in total. The molecule has 0 bridgehead atoms. The van der Waals surface area contributed by atoms with Crippen molar-refractivity contribution in [2.75, 3.05) is 4.23 Å². The van der Waals surface area contributed by atoms with Crippen LogP contribution in [0.3, 0.4) is 0 Å². The predicted molar refractivity (Wildman–Crippen MR) is 90.0 cm³/mol. The molecular formula is C14H28N4Si2. The molecular weight excluding hydrogens is 280 g/mol. The lowest BCUT2D eigenvalue weighted by atomic mass is 10.6. The third kappa shape index (κ3) is 2.43.